The number of nitrogens with one attached hydrogen (secondary N) is 1. The number of halogens is 1. The molecule has 20 heavy (non-hydrogen) atoms. The lowest BCUT2D eigenvalue weighted by atomic mass is 10.2. The second kappa shape index (κ2) is 5.79. The molecule has 1 heterocycles. The molecule has 0 fully saturated rings. The van der Waals surface area contributed by atoms with Crippen LogP contribution in [0.15, 0.2) is 30.5 Å². The average Bonchev–Trinajstić information content (AvgIpc) is 2.42. The van der Waals surface area contributed by atoms with Crippen LogP contribution >= 0.6 is 11.6 Å². The molecule has 0 saturated heterocycles. The molecule has 0 radical (unpaired) electrons. The Kier molecular flexibility index (Phi) is 4.10. The van der Waals surface area contributed by atoms with Gasteiger partial charge in [0.25, 0.3) is 5.91 Å². The maximum Gasteiger partial charge on any atom is 0.255 e. The van der Waals surface area contributed by atoms with E-state index >= 15 is 0 Å². The van der Waals surface area contributed by atoms with Crippen molar-refractivity contribution in [2.24, 2.45) is 0 Å². The molecule has 5 nitrogen and oxygen atoms in total. The van der Waals surface area contributed by atoms with E-state index in [0.717, 1.165) is 5.56 Å². The summed E-state index contributed by atoms with van der Waals surface area (Å²) in [5.41, 5.74) is 1.59. The van der Waals surface area contributed by atoms with Gasteiger partial charge in [-0.3, -0.25) is 4.79 Å². The molecule has 0 atom stereocenters. The van der Waals surface area contributed by atoms with Gasteiger partial charge >= 0.3 is 0 Å². The molecule has 0 unspecified atom stereocenters. The smallest absolute Gasteiger partial charge is 0.255 e. The first-order chi connectivity index (χ1) is 9.51. The van der Waals surface area contributed by atoms with Crippen LogP contribution in [0.5, 0.6) is 11.5 Å². The Hall–Kier alpha value is -2.27. The minimum absolute atomic E-state index is 0.103. The summed E-state index contributed by atoms with van der Waals surface area (Å²) in [6.07, 6.45) is 1.61. The molecule has 0 aliphatic rings. The first-order valence-corrected chi connectivity index (χ1v) is 6.19. The number of amides is 1. The molecule has 1 amide bonds. The normalized spacial score (nSPS) is 10.2. The van der Waals surface area contributed by atoms with E-state index in [4.69, 9.17) is 16.3 Å². The Balaban J connectivity index is 2.24. The summed E-state index contributed by atoms with van der Waals surface area (Å²) in [6.45, 7) is 1.85. The van der Waals surface area contributed by atoms with Crippen molar-refractivity contribution in [3.63, 3.8) is 0 Å². The van der Waals surface area contributed by atoms with E-state index in [1.807, 2.05) is 6.92 Å². The van der Waals surface area contributed by atoms with Gasteiger partial charge in [-0.1, -0.05) is 11.6 Å². The number of anilines is 1. The standard InChI is InChI=1S/C14H13ClN2O3/c1-8-5-10(13(15)16-7-8)17-14(19)9-3-4-12(20-2)11(18)6-9/h3-7,18H,1-2H3,(H,17,19). The minimum atomic E-state index is -0.391. The quantitative estimate of drug-likeness (QED) is 0.853. The maximum atomic E-state index is 12.1. The number of aromatic nitrogens is 1. The number of carbonyl (C=O) groups excluding carboxylic acids is 1. The maximum absolute atomic E-state index is 12.1. The molecule has 1 aromatic carbocycles. The summed E-state index contributed by atoms with van der Waals surface area (Å²) >= 11 is 5.91. The van der Waals surface area contributed by atoms with Crippen LogP contribution in [0.3, 0.4) is 0 Å². The van der Waals surface area contributed by atoms with Gasteiger partial charge in [0.15, 0.2) is 16.7 Å². The van der Waals surface area contributed by atoms with Crippen LogP contribution in [0.2, 0.25) is 5.15 Å². The lowest BCUT2D eigenvalue weighted by Gasteiger charge is -2.09. The lowest BCUT2D eigenvalue weighted by molar-refractivity contribution is 0.102. The number of aromatic hydroxyl groups is 1. The Morgan fingerprint density at radius 2 is 2.15 bits per heavy atom. The fourth-order valence-corrected chi connectivity index (χ4v) is 1.82. The largest absolute Gasteiger partial charge is 0.504 e. The summed E-state index contributed by atoms with van der Waals surface area (Å²) in [4.78, 5) is 16.0. The molecule has 104 valence electrons. The van der Waals surface area contributed by atoms with Crippen molar-refractivity contribution in [3.8, 4) is 11.5 Å². The van der Waals surface area contributed by atoms with E-state index in [1.165, 1.54) is 19.2 Å². The summed E-state index contributed by atoms with van der Waals surface area (Å²) in [7, 11) is 1.44. The van der Waals surface area contributed by atoms with Gasteiger partial charge in [0.1, 0.15) is 0 Å². The van der Waals surface area contributed by atoms with Gasteiger partial charge in [-0.05, 0) is 36.8 Å². The molecule has 0 aliphatic carbocycles. The predicted molar refractivity (Wildman–Crippen MR) is 76.6 cm³/mol. The SMILES string of the molecule is COc1ccc(C(=O)Nc2cc(C)cnc2Cl)cc1O. The number of rotatable bonds is 3. The second-order valence-corrected chi connectivity index (χ2v) is 4.55. The summed E-state index contributed by atoms with van der Waals surface area (Å²) in [6, 6.07) is 6.10. The highest BCUT2D eigenvalue weighted by Gasteiger charge is 2.12. The lowest BCUT2D eigenvalue weighted by Crippen LogP contribution is -2.12. The van der Waals surface area contributed by atoms with E-state index in [1.54, 1.807) is 18.3 Å². The third-order valence-electron chi connectivity index (χ3n) is 2.67. The van der Waals surface area contributed by atoms with Crippen LogP contribution < -0.4 is 10.1 Å². The Bertz CT molecular complexity index is 659. The number of carbonyl (C=O) groups is 1. The van der Waals surface area contributed by atoms with E-state index < -0.39 is 5.91 Å². The van der Waals surface area contributed by atoms with Crippen LogP contribution in [0.4, 0.5) is 5.69 Å². The summed E-state index contributed by atoms with van der Waals surface area (Å²) in [5.74, 6) is -0.192. The zero-order valence-corrected chi connectivity index (χ0v) is 11.7. The molecule has 6 heteroatoms. The number of hydrogen-bond donors (Lipinski definition) is 2. The molecular weight excluding hydrogens is 280 g/mol. The van der Waals surface area contributed by atoms with Crippen molar-refractivity contribution in [1.82, 2.24) is 4.98 Å². The van der Waals surface area contributed by atoms with Crippen molar-refractivity contribution >= 4 is 23.2 Å². The number of hydrogen-bond acceptors (Lipinski definition) is 4. The van der Waals surface area contributed by atoms with Gasteiger partial charge in [-0.25, -0.2) is 4.98 Å². The summed E-state index contributed by atoms with van der Waals surface area (Å²) < 4.78 is 4.92. The fraction of sp³-hybridized carbons (Fsp3) is 0.143. The molecular formula is C14H13ClN2O3. The highest BCUT2D eigenvalue weighted by Crippen LogP contribution is 2.27. The molecule has 0 spiro atoms. The number of ether oxygens (including phenoxy) is 1. The number of pyridine rings is 1. The van der Waals surface area contributed by atoms with Gasteiger partial charge in [0, 0.05) is 11.8 Å². The molecule has 1 aromatic heterocycles. The highest BCUT2D eigenvalue weighted by atomic mass is 35.5. The highest BCUT2D eigenvalue weighted by molar-refractivity contribution is 6.32. The number of nitrogens with zero attached hydrogens (tertiary/aromatic N) is 1. The van der Waals surface area contributed by atoms with Crippen LogP contribution in [-0.2, 0) is 0 Å². The van der Waals surface area contributed by atoms with E-state index in [2.05, 4.69) is 10.3 Å². The van der Waals surface area contributed by atoms with Gasteiger partial charge in [0.2, 0.25) is 0 Å². The number of aryl methyl sites for hydroxylation is 1. The third kappa shape index (κ3) is 3.00. The van der Waals surface area contributed by atoms with E-state index in [0.29, 0.717) is 17.0 Å². The van der Waals surface area contributed by atoms with Crippen molar-refractivity contribution in [1.29, 1.82) is 0 Å². The van der Waals surface area contributed by atoms with Crippen LogP contribution in [0, 0.1) is 6.92 Å². The predicted octanol–water partition coefficient (Wildman–Crippen LogP) is 3.01. The molecule has 2 rings (SSSR count). The first-order valence-electron chi connectivity index (χ1n) is 5.81. The number of methoxy groups -OCH3 is 1. The van der Waals surface area contributed by atoms with Gasteiger partial charge in [-0.15, -0.1) is 0 Å². The van der Waals surface area contributed by atoms with Crippen LogP contribution in [-0.4, -0.2) is 23.1 Å². The fourth-order valence-electron chi connectivity index (χ4n) is 1.67. The van der Waals surface area contributed by atoms with Gasteiger partial charge in [0.05, 0.1) is 12.8 Å². The van der Waals surface area contributed by atoms with E-state index in [9.17, 15) is 9.90 Å². The molecule has 2 N–H and O–H groups in total. The Labute approximate surface area is 121 Å². The Morgan fingerprint density at radius 1 is 1.40 bits per heavy atom. The molecule has 0 saturated carbocycles. The minimum Gasteiger partial charge on any atom is -0.504 e. The number of benzene rings is 1. The first kappa shape index (κ1) is 14.1. The van der Waals surface area contributed by atoms with Gasteiger partial charge < -0.3 is 15.2 Å². The zero-order valence-electron chi connectivity index (χ0n) is 11.0. The van der Waals surface area contributed by atoms with Crippen molar-refractivity contribution in [2.75, 3.05) is 12.4 Å². The Morgan fingerprint density at radius 3 is 2.80 bits per heavy atom. The zero-order chi connectivity index (χ0) is 14.7. The van der Waals surface area contributed by atoms with Crippen LogP contribution in [0.25, 0.3) is 0 Å². The molecule has 2 aromatic rings. The average molecular weight is 293 g/mol. The second-order valence-electron chi connectivity index (χ2n) is 4.19. The molecule has 0 aliphatic heterocycles. The van der Waals surface area contributed by atoms with Gasteiger partial charge in [-0.2, -0.15) is 0 Å². The van der Waals surface area contributed by atoms with Crippen molar-refractivity contribution in [3.05, 3.63) is 46.7 Å². The van der Waals surface area contributed by atoms with E-state index in [-0.39, 0.29) is 10.9 Å². The number of phenolic OH excluding ortho intramolecular Hbond substituents is 1. The third-order valence-corrected chi connectivity index (χ3v) is 2.97. The topological polar surface area (TPSA) is 71.5 Å². The monoisotopic (exact) mass is 292 g/mol. The van der Waals surface area contributed by atoms with Crippen LogP contribution in [0.1, 0.15) is 15.9 Å². The molecule has 0 bridgehead atoms. The van der Waals surface area contributed by atoms with Crippen molar-refractivity contribution in [2.45, 2.75) is 6.92 Å². The summed E-state index contributed by atoms with van der Waals surface area (Å²) in [5, 5.41) is 12.5. The van der Waals surface area contributed by atoms with Crippen molar-refractivity contribution < 1.29 is 14.6 Å². The number of phenols is 1.